The highest BCUT2D eigenvalue weighted by Gasteiger charge is 2.24. The Labute approximate surface area is 175 Å². The van der Waals surface area contributed by atoms with Crippen LogP contribution in [0.4, 0.5) is 15.8 Å². The highest BCUT2D eigenvalue weighted by molar-refractivity contribution is 5.94. The second-order valence-corrected chi connectivity index (χ2v) is 7.02. The maximum Gasteiger partial charge on any atom is 0.256 e. The van der Waals surface area contributed by atoms with E-state index in [9.17, 15) is 14.0 Å². The molecule has 0 aliphatic carbocycles. The first-order valence-electron chi connectivity index (χ1n) is 9.97. The number of amides is 2. The number of carbonyl (C=O) groups is 2. The van der Waals surface area contributed by atoms with E-state index < -0.39 is 5.82 Å². The average Bonchev–Trinajstić information content (AvgIpc) is 2.77. The van der Waals surface area contributed by atoms with Gasteiger partial charge >= 0.3 is 0 Å². The number of rotatable bonds is 8. The van der Waals surface area contributed by atoms with Gasteiger partial charge in [0.1, 0.15) is 5.82 Å². The lowest BCUT2D eigenvalue weighted by molar-refractivity contribution is -0.115. The summed E-state index contributed by atoms with van der Waals surface area (Å²) < 4.78 is 18.8. The first-order chi connectivity index (χ1) is 14.6. The molecule has 160 valence electrons. The van der Waals surface area contributed by atoms with Gasteiger partial charge in [-0.15, -0.1) is 0 Å². The third-order valence-electron chi connectivity index (χ3n) is 4.96. The van der Waals surface area contributed by atoms with Crippen molar-refractivity contribution in [1.29, 1.82) is 0 Å². The van der Waals surface area contributed by atoms with E-state index >= 15 is 0 Å². The van der Waals surface area contributed by atoms with Gasteiger partial charge in [-0.1, -0.05) is 12.1 Å². The van der Waals surface area contributed by atoms with Crippen molar-refractivity contribution >= 4 is 23.2 Å². The number of benzene rings is 2. The van der Waals surface area contributed by atoms with Gasteiger partial charge in [0.2, 0.25) is 5.91 Å². The van der Waals surface area contributed by atoms with Crippen molar-refractivity contribution in [2.75, 3.05) is 63.2 Å². The summed E-state index contributed by atoms with van der Waals surface area (Å²) in [5, 5.41) is 5.84. The molecule has 0 bridgehead atoms. The van der Waals surface area contributed by atoms with E-state index in [2.05, 4.69) is 15.5 Å². The van der Waals surface area contributed by atoms with Gasteiger partial charge in [-0.25, -0.2) is 4.39 Å². The molecule has 0 aromatic heterocycles. The number of halogens is 1. The van der Waals surface area contributed by atoms with E-state index in [1.807, 2.05) is 24.3 Å². The lowest BCUT2D eigenvalue weighted by Crippen LogP contribution is -2.49. The molecular formula is C22H27FN4O3. The first-order valence-corrected chi connectivity index (χ1v) is 9.97. The van der Waals surface area contributed by atoms with Crippen molar-refractivity contribution in [2.45, 2.75) is 0 Å². The Kier molecular flexibility index (Phi) is 7.75. The Morgan fingerprint density at radius 1 is 1.03 bits per heavy atom. The SMILES string of the molecule is COCCNCC(=O)Nc1ccc(N2CCN(C(=O)c3ccccc3F)CC2)cc1. The summed E-state index contributed by atoms with van der Waals surface area (Å²) in [5.74, 6) is -0.875. The molecule has 30 heavy (non-hydrogen) atoms. The molecule has 2 N–H and O–H groups in total. The average molecular weight is 414 g/mol. The van der Waals surface area contributed by atoms with Crippen LogP contribution < -0.4 is 15.5 Å². The molecule has 1 saturated heterocycles. The molecule has 1 aliphatic rings. The summed E-state index contributed by atoms with van der Waals surface area (Å²) in [6, 6.07) is 13.7. The summed E-state index contributed by atoms with van der Waals surface area (Å²) in [6.07, 6.45) is 0. The number of nitrogens with zero attached hydrogens (tertiary/aromatic N) is 2. The van der Waals surface area contributed by atoms with Crippen LogP contribution in [-0.4, -0.2) is 69.7 Å². The van der Waals surface area contributed by atoms with E-state index in [1.165, 1.54) is 12.1 Å². The molecule has 0 unspecified atom stereocenters. The molecule has 2 amide bonds. The molecule has 2 aromatic rings. The summed E-state index contributed by atoms with van der Waals surface area (Å²) >= 11 is 0. The van der Waals surface area contributed by atoms with Crippen LogP contribution in [0.15, 0.2) is 48.5 Å². The number of carbonyl (C=O) groups excluding carboxylic acids is 2. The Morgan fingerprint density at radius 3 is 2.40 bits per heavy atom. The smallest absolute Gasteiger partial charge is 0.256 e. The van der Waals surface area contributed by atoms with E-state index in [-0.39, 0.29) is 23.9 Å². The third-order valence-corrected chi connectivity index (χ3v) is 4.96. The molecule has 3 rings (SSSR count). The number of methoxy groups -OCH3 is 1. The summed E-state index contributed by atoms with van der Waals surface area (Å²) in [5.41, 5.74) is 1.86. The molecule has 0 saturated carbocycles. The monoisotopic (exact) mass is 414 g/mol. The fourth-order valence-corrected chi connectivity index (χ4v) is 3.31. The van der Waals surface area contributed by atoms with Gasteiger partial charge < -0.3 is 25.2 Å². The van der Waals surface area contributed by atoms with E-state index in [1.54, 1.807) is 24.1 Å². The zero-order valence-corrected chi connectivity index (χ0v) is 17.1. The van der Waals surface area contributed by atoms with Gasteiger partial charge in [-0.3, -0.25) is 9.59 Å². The maximum atomic E-state index is 13.9. The molecule has 0 spiro atoms. The molecule has 1 fully saturated rings. The minimum absolute atomic E-state index is 0.112. The number of nitrogens with one attached hydrogen (secondary N) is 2. The highest BCUT2D eigenvalue weighted by Crippen LogP contribution is 2.20. The van der Waals surface area contributed by atoms with Crippen LogP contribution >= 0.6 is 0 Å². The fourth-order valence-electron chi connectivity index (χ4n) is 3.31. The standard InChI is InChI=1S/C22H27FN4O3/c1-30-15-10-24-16-21(28)25-17-6-8-18(9-7-17)26-11-13-27(14-12-26)22(29)19-4-2-3-5-20(19)23/h2-9,24H,10-16H2,1H3,(H,25,28). The summed E-state index contributed by atoms with van der Waals surface area (Å²) in [7, 11) is 1.62. The van der Waals surface area contributed by atoms with Crippen LogP contribution in [0.1, 0.15) is 10.4 Å². The minimum Gasteiger partial charge on any atom is -0.383 e. The van der Waals surface area contributed by atoms with E-state index in [0.29, 0.717) is 39.3 Å². The topological polar surface area (TPSA) is 73.9 Å². The Morgan fingerprint density at radius 2 is 1.73 bits per heavy atom. The van der Waals surface area contributed by atoms with Crippen molar-refractivity contribution in [3.63, 3.8) is 0 Å². The van der Waals surface area contributed by atoms with Gasteiger partial charge in [-0.05, 0) is 36.4 Å². The van der Waals surface area contributed by atoms with Crippen LogP contribution in [0.3, 0.4) is 0 Å². The van der Waals surface area contributed by atoms with Gasteiger partial charge in [0, 0.05) is 51.2 Å². The molecule has 7 nitrogen and oxygen atoms in total. The van der Waals surface area contributed by atoms with Crippen molar-refractivity contribution in [1.82, 2.24) is 10.2 Å². The predicted molar refractivity (Wildman–Crippen MR) is 114 cm³/mol. The predicted octanol–water partition coefficient (Wildman–Crippen LogP) is 1.96. The van der Waals surface area contributed by atoms with Crippen LogP contribution in [0.25, 0.3) is 0 Å². The molecule has 8 heteroatoms. The zero-order chi connectivity index (χ0) is 21.3. The number of ether oxygens (including phenoxy) is 1. The molecule has 0 atom stereocenters. The second-order valence-electron chi connectivity index (χ2n) is 7.02. The molecule has 0 radical (unpaired) electrons. The lowest BCUT2D eigenvalue weighted by atomic mass is 10.1. The molecule has 1 heterocycles. The first kappa shape index (κ1) is 21.7. The highest BCUT2D eigenvalue weighted by atomic mass is 19.1. The zero-order valence-electron chi connectivity index (χ0n) is 17.1. The minimum atomic E-state index is -0.489. The van der Waals surface area contributed by atoms with E-state index in [4.69, 9.17) is 4.74 Å². The largest absolute Gasteiger partial charge is 0.383 e. The van der Waals surface area contributed by atoms with Crippen molar-refractivity contribution in [3.8, 4) is 0 Å². The number of hydrogen-bond donors (Lipinski definition) is 2. The van der Waals surface area contributed by atoms with Crippen LogP contribution in [0.5, 0.6) is 0 Å². The van der Waals surface area contributed by atoms with Gasteiger partial charge in [-0.2, -0.15) is 0 Å². The van der Waals surface area contributed by atoms with Crippen molar-refractivity contribution in [3.05, 3.63) is 59.9 Å². The molecule has 2 aromatic carbocycles. The van der Waals surface area contributed by atoms with Crippen molar-refractivity contribution in [2.24, 2.45) is 0 Å². The van der Waals surface area contributed by atoms with Crippen molar-refractivity contribution < 1.29 is 18.7 Å². The molecule has 1 aliphatic heterocycles. The quantitative estimate of drug-likeness (QED) is 0.646. The van der Waals surface area contributed by atoms with E-state index in [0.717, 1.165) is 11.4 Å². The van der Waals surface area contributed by atoms with Gasteiger partial charge in [0.25, 0.3) is 5.91 Å². The Balaban J connectivity index is 1.48. The lowest BCUT2D eigenvalue weighted by Gasteiger charge is -2.36. The van der Waals surface area contributed by atoms with Crippen LogP contribution in [0, 0.1) is 5.82 Å². The number of piperazine rings is 1. The van der Waals surface area contributed by atoms with Gasteiger partial charge in [0.05, 0.1) is 18.7 Å². The fraction of sp³-hybridized carbons (Fsp3) is 0.364. The Hall–Kier alpha value is -2.97. The number of anilines is 2. The second kappa shape index (κ2) is 10.7. The van der Waals surface area contributed by atoms with Gasteiger partial charge in [0.15, 0.2) is 0 Å². The van der Waals surface area contributed by atoms with Crippen LogP contribution in [0.2, 0.25) is 0 Å². The Bertz CT molecular complexity index is 852. The molecular weight excluding hydrogens is 387 g/mol. The maximum absolute atomic E-state index is 13.9. The van der Waals surface area contributed by atoms with Crippen LogP contribution in [-0.2, 0) is 9.53 Å². The summed E-state index contributed by atoms with van der Waals surface area (Å²) in [4.78, 5) is 28.3. The third kappa shape index (κ3) is 5.77. The number of hydrogen-bond acceptors (Lipinski definition) is 5. The normalized spacial score (nSPS) is 13.9. The summed E-state index contributed by atoms with van der Waals surface area (Å²) in [6.45, 7) is 3.78.